The second kappa shape index (κ2) is 5.35. The van der Waals surface area contributed by atoms with Crippen LogP contribution in [0.25, 0.3) is 0 Å². The molecule has 100 valence electrons. The third-order valence-corrected chi connectivity index (χ3v) is 3.32. The van der Waals surface area contributed by atoms with Gasteiger partial charge in [0.25, 0.3) is 0 Å². The van der Waals surface area contributed by atoms with Gasteiger partial charge in [0.15, 0.2) is 5.16 Å². The molecule has 2 heterocycles. The molecule has 2 aromatic rings. The SMILES string of the molecule is COc1nc(N)nc(Sc2nc(C)c(C)c(C)n2)n1. The Labute approximate surface area is 115 Å². The maximum atomic E-state index is 5.58. The van der Waals surface area contributed by atoms with E-state index in [0.29, 0.717) is 10.3 Å². The number of nitrogens with two attached hydrogens (primary N) is 1. The van der Waals surface area contributed by atoms with Crippen LogP contribution < -0.4 is 10.5 Å². The van der Waals surface area contributed by atoms with Crippen LogP contribution in [0.2, 0.25) is 0 Å². The highest BCUT2D eigenvalue weighted by molar-refractivity contribution is 7.99. The van der Waals surface area contributed by atoms with Crippen LogP contribution in [0.1, 0.15) is 17.0 Å². The van der Waals surface area contributed by atoms with Gasteiger partial charge in [0.1, 0.15) is 0 Å². The summed E-state index contributed by atoms with van der Waals surface area (Å²) in [6.45, 7) is 5.87. The van der Waals surface area contributed by atoms with Crippen molar-refractivity contribution in [3.63, 3.8) is 0 Å². The summed E-state index contributed by atoms with van der Waals surface area (Å²) in [5.74, 6) is 0.106. The molecular weight excluding hydrogens is 264 g/mol. The summed E-state index contributed by atoms with van der Waals surface area (Å²) >= 11 is 1.22. The number of aryl methyl sites for hydroxylation is 2. The molecule has 0 aliphatic carbocycles. The molecule has 0 fully saturated rings. The number of anilines is 1. The van der Waals surface area contributed by atoms with E-state index in [2.05, 4.69) is 24.9 Å². The number of rotatable bonds is 3. The van der Waals surface area contributed by atoms with Gasteiger partial charge >= 0.3 is 6.01 Å². The molecule has 0 aromatic carbocycles. The first kappa shape index (κ1) is 13.5. The van der Waals surface area contributed by atoms with Crippen molar-refractivity contribution < 1.29 is 4.74 Å². The van der Waals surface area contributed by atoms with Crippen LogP contribution in [-0.4, -0.2) is 32.0 Å². The van der Waals surface area contributed by atoms with Gasteiger partial charge in [-0.2, -0.15) is 15.0 Å². The van der Waals surface area contributed by atoms with E-state index in [1.807, 2.05) is 20.8 Å². The van der Waals surface area contributed by atoms with Gasteiger partial charge < -0.3 is 10.5 Å². The number of aromatic nitrogens is 5. The fraction of sp³-hybridized carbons (Fsp3) is 0.364. The van der Waals surface area contributed by atoms with Gasteiger partial charge in [0, 0.05) is 11.4 Å². The van der Waals surface area contributed by atoms with Crippen LogP contribution in [0.15, 0.2) is 10.3 Å². The number of methoxy groups -OCH3 is 1. The Morgan fingerprint density at radius 1 is 0.895 bits per heavy atom. The maximum Gasteiger partial charge on any atom is 0.321 e. The minimum Gasteiger partial charge on any atom is -0.467 e. The van der Waals surface area contributed by atoms with Gasteiger partial charge in [-0.3, -0.25) is 0 Å². The molecule has 8 heteroatoms. The van der Waals surface area contributed by atoms with E-state index in [9.17, 15) is 0 Å². The van der Waals surface area contributed by atoms with Crippen LogP contribution in [0.3, 0.4) is 0 Å². The van der Waals surface area contributed by atoms with Crippen molar-refractivity contribution in [1.29, 1.82) is 0 Å². The van der Waals surface area contributed by atoms with Crippen LogP contribution in [0.5, 0.6) is 6.01 Å². The number of hydrogen-bond donors (Lipinski definition) is 1. The number of nitrogens with zero attached hydrogens (tertiary/aromatic N) is 5. The average molecular weight is 278 g/mol. The lowest BCUT2D eigenvalue weighted by molar-refractivity contribution is 0.374. The smallest absolute Gasteiger partial charge is 0.321 e. The lowest BCUT2D eigenvalue weighted by Gasteiger charge is -2.06. The summed E-state index contributed by atoms with van der Waals surface area (Å²) < 4.78 is 4.94. The molecular formula is C11H14N6OS. The molecule has 0 spiro atoms. The Bertz CT molecular complexity index is 595. The van der Waals surface area contributed by atoms with Gasteiger partial charge in [-0.15, -0.1) is 0 Å². The van der Waals surface area contributed by atoms with Crippen LogP contribution in [0.4, 0.5) is 5.95 Å². The molecule has 0 atom stereocenters. The number of hydrogen-bond acceptors (Lipinski definition) is 8. The first-order valence-electron chi connectivity index (χ1n) is 5.55. The molecule has 0 aliphatic rings. The van der Waals surface area contributed by atoms with E-state index in [4.69, 9.17) is 10.5 Å². The Morgan fingerprint density at radius 3 is 2.05 bits per heavy atom. The van der Waals surface area contributed by atoms with Crippen LogP contribution in [0, 0.1) is 20.8 Å². The van der Waals surface area contributed by atoms with E-state index in [1.165, 1.54) is 18.9 Å². The quantitative estimate of drug-likeness (QED) is 0.839. The highest BCUT2D eigenvalue weighted by Gasteiger charge is 2.10. The Hall–Kier alpha value is -1.96. The van der Waals surface area contributed by atoms with E-state index in [-0.39, 0.29) is 12.0 Å². The van der Waals surface area contributed by atoms with Crippen LogP contribution in [-0.2, 0) is 0 Å². The molecule has 0 aliphatic heterocycles. The normalized spacial score (nSPS) is 10.5. The Morgan fingerprint density at radius 2 is 1.47 bits per heavy atom. The van der Waals surface area contributed by atoms with E-state index in [1.54, 1.807) is 0 Å². The molecule has 2 rings (SSSR count). The molecule has 0 unspecified atom stereocenters. The standard InChI is InChI=1S/C11H14N6OS/c1-5-6(2)13-10(14-7(5)3)19-11-16-8(12)15-9(17-11)18-4/h1-4H3,(H2,12,15,16,17). The Kier molecular flexibility index (Phi) is 3.79. The summed E-state index contributed by atoms with van der Waals surface area (Å²) in [4.78, 5) is 20.7. The predicted octanol–water partition coefficient (Wildman–Crippen LogP) is 1.33. The molecule has 0 saturated heterocycles. The first-order chi connectivity index (χ1) is 8.99. The van der Waals surface area contributed by atoms with Gasteiger partial charge in [-0.05, 0) is 38.1 Å². The zero-order chi connectivity index (χ0) is 14.0. The second-order valence-corrected chi connectivity index (χ2v) is 4.80. The van der Waals surface area contributed by atoms with Crippen molar-refractivity contribution in [3.05, 3.63) is 17.0 Å². The summed E-state index contributed by atoms with van der Waals surface area (Å²) in [5.41, 5.74) is 8.53. The van der Waals surface area contributed by atoms with Crippen molar-refractivity contribution in [2.24, 2.45) is 0 Å². The third kappa shape index (κ3) is 3.08. The molecule has 2 N–H and O–H groups in total. The average Bonchev–Trinajstić information content (AvgIpc) is 2.35. The molecule has 0 radical (unpaired) electrons. The zero-order valence-electron chi connectivity index (χ0n) is 11.1. The van der Waals surface area contributed by atoms with Gasteiger partial charge in [0.2, 0.25) is 11.1 Å². The maximum absolute atomic E-state index is 5.58. The fourth-order valence-corrected chi connectivity index (χ4v) is 2.15. The van der Waals surface area contributed by atoms with Crippen molar-refractivity contribution in [2.45, 2.75) is 31.1 Å². The number of ether oxygens (including phenoxy) is 1. The fourth-order valence-electron chi connectivity index (χ4n) is 1.36. The lowest BCUT2D eigenvalue weighted by atomic mass is 10.2. The van der Waals surface area contributed by atoms with Gasteiger partial charge in [-0.1, -0.05) is 0 Å². The van der Waals surface area contributed by atoms with Crippen LogP contribution >= 0.6 is 11.8 Å². The summed E-state index contributed by atoms with van der Waals surface area (Å²) in [7, 11) is 1.47. The minimum absolute atomic E-state index is 0.106. The van der Waals surface area contributed by atoms with Crippen molar-refractivity contribution in [1.82, 2.24) is 24.9 Å². The largest absolute Gasteiger partial charge is 0.467 e. The summed E-state index contributed by atoms with van der Waals surface area (Å²) in [6, 6.07) is 0.176. The highest BCUT2D eigenvalue weighted by atomic mass is 32.2. The van der Waals surface area contributed by atoms with Gasteiger partial charge in [-0.25, -0.2) is 9.97 Å². The number of nitrogen functional groups attached to an aromatic ring is 1. The first-order valence-corrected chi connectivity index (χ1v) is 6.36. The van der Waals surface area contributed by atoms with Crippen molar-refractivity contribution in [2.75, 3.05) is 12.8 Å². The monoisotopic (exact) mass is 278 g/mol. The topological polar surface area (TPSA) is 99.7 Å². The Balaban J connectivity index is 2.33. The molecule has 2 aromatic heterocycles. The zero-order valence-corrected chi connectivity index (χ0v) is 11.9. The van der Waals surface area contributed by atoms with Crippen molar-refractivity contribution in [3.8, 4) is 6.01 Å². The lowest BCUT2D eigenvalue weighted by Crippen LogP contribution is -2.03. The molecule has 7 nitrogen and oxygen atoms in total. The summed E-state index contributed by atoms with van der Waals surface area (Å²) in [5, 5.41) is 0.986. The van der Waals surface area contributed by atoms with Gasteiger partial charge in [0.05, 0.1) is 7.11 Å². The highest BCUT2D eigenvalue weighted by Crippen LogP contribution is 2.24. The summed E-state index contributed by atoms with van der Waals surface area (Å²) in [6.07, 6.45) is 0. The molecule has 0 amide bonds. The van der Waals surface area contributed by atoms with Crippen molar-refractivity contribution >= 4 is 17.7 Å². The van der Waals surface area contributed by atoms with E-state index >= 15 is 0 Å². The predicted molar refractivity (Wildman–Crippen MR) is 71.2 cm³/mol. The van der Waals surface area contributed by atoms with E-state index in [0.717, 1.165) is 17.0 Å². The molecule has 0 bridgehead atoms. The molecule has 19 heavy (non-hydrogen) atoms. The van der Waals surface area contributed by atoms with E-state index < -0.39 is 0 Å². The third-order valence-electron chi connectivity index (χ3n) is 2.59. The minimum atomic E-state index is 0.106. The second-order valence-electron chi connectivity index (χ2n) is 3.87. The molecule has 0 saturated carbocycles.